The van der Waals surface area contributed by atoms with E-state index in [0.29, 0.717) is 5.65 Å². The molecule has 0 spiro atoms. The summed E-state index contributed by atoms with van der Waals surface area (Å²) in [6.07, 6.45) is 6.64. The second kappa shape index (κ2) is 3.69. The lowest BCUT2D eigenvalue weighted by atomic mass is 10.4. The van der Waals surface area contributed by atoms with Crippen molar-refractivity contribution >= 4 is 11.6 Å². The molecule has 0 saturated carbocycles. The van der Waals surface area contributed by atoms with E-state index in [1.807, 2.05) is 23.8 Å². The summed E-state index contributed by atoms with van der Waals surface area (Å²) in [6, 6.07) is 3.65. The van der Waals surface area contributed by atoms with Crippen molar-refractivity contribution < 1.29 is 9.90 Å². The van der Waals surface area contributed by atoms with E-state index in [9.17, 15) is 4.79 Å². The minimum atomic E-state index is -0.999. The van der Waals surface area contributed by atoms with Gasteiger partial charge in [0.15, 0.2) is 5.69 Å². The molecule has 6 nitrogen and oxygen atoms in total. The molecule has 0 unspecified atom stereocenters. The van der Waals surface area contributed by atoms with E-state index in [2.05, 4.69) is 9.97 Å². The number of carbonyl (C=O) groups is 1. The number of hydrogen-bond donors (Lipinski definition) is 1. The maximum Gasteiger partial charge on any atom is 0.354 e. The first kappa shape index (κ1) is 10.5. The SMILES string of the molecule is Cc1cn(-c2ccc3ncc(C(=O)O)n3c2)cn1. The fourth-order valence-corrected chi connectivity index (χ4v) is 1.84. The van der Waals surface area contributed by atoms with Crippen LogP contribution in [-0.2, 0) is 0 Å². The second-order valence-corrected chi connectivity index (χ2v) is 3.99. The van der Waals surface area contributed by atoms with Crippen molar-refractivity contribution in [1.29, 1.82) is 0 Å². The molecule has 0 aliphatic rings. The average molecular weight is 242 g/mol. The largest absolute Gasteiger partial charge is 0.477 e. The van der Waals surface area contributed by atoms with Crippen LogP contribution in [0.15, 0.2) is 37.1 Å². The zero-order valence-corrected chi connectivity index (χ0v) is 9.61. The van der Waals surface area contributed by atoms with Gasteiger partial charge in [-0.25, -0.2) is 14.8 Å². The number of hydrogen-bond acceptors (Lipinski definition) is 3. The van der Waals surface area contributed by atoms with Gasteiger partial charge in [0, 0.05) is 12.4 Å². The highest BCUT2D eigenvalue weighted by atomic mass is 16.4. The summed E-state index contributed by atoms with van der Waals surface area (Å²) in [6.45, 7) is 1.90. The summed E-state index contributed by atoms with van der Waals surface area (Å²) >= 11 is 0. The van der Waals surface area contributed by atoms with Crippen LogP contribution in [0, 0.1) is 6.92 Å². The van der Waals surface area contributed by atoms with E-state index in [1.165, 1.54) is 6.20 Å². The van der Waals surface area contributed by atoms with Gasteiger partial charge in [-0.2, -0.15) is 0 Å². The van der Waals surface area contributed by atoms with Gasteiger partial charge < -0.3 is 9.67 Å². The lowest BCUT2D eigenvalue weighted by Gasteiger charge is -2.03. The summed E-state index contributed by atoms with van der Waals surface area (Å²) in [7, 11) is 0. The molecule has 6 heteroatoms. The van der Waals surface area contributed by atoms with Crippen molar-refractivity contribution in [2.24, 2.45) is 0 Å². The molecule has 0 aliphatic heterocycles. The van der Waals surface area contributed by atoms with Gasteiger partial charge in [-0.1, -0.05) is 0 Å². The Hall–Kier alpha value is -2.63. The number of aromatic nitrogens is 4. The fourth-order valence-electron chi connectivity index (χ4n) is 1.84. The van der Waals surface area contributed by atoms with Gasteiger partial charge in [0.05, 0.1) is 23.9 Å². The van der Waals surface area contributed by atoms with E-state index in [4.69, 9.17) is 5.11 Å². The Morgan fingerprint density at radius 3 is 2.78 bits per heavy atom. The van der Waals surface area contributed by atoms with Crippen LogP contribution in [0.4, 0.5) is 0 Å². The minimum Gasteiger partial charge on any atom is -0.477 e. The Kier molecular flexibility index (Phi) is 2.16. The molecule has 0 aromatic carbocycles. The Morgan fingerprint density at radius 2 is 2.11 bits per heavy atom. The zero-order valence-electron chi connectivity index (χ0n) is 9.61. The first-order valence-electron chi connectivity index (χ1n) is 5.36. The van der Waals surface area contributed by atoms with Crippen LogP contribution in [-0.4, -0.2) is 30.0 Å². The number of aromatic carboxylic acids is 1. The highest BCUT2D eigenvalue weighted by Crippen LogP contribution is 2.13. The Labute approximate surface area is 102 Å². The predicted molar refractivity (Wildman–Crippen MR) is 64.0 cm³/mol. The maximum absolute atomic E-state index is 11.0. The molecule has 1 N–H and O–H groups in total. The quantitative estimate of drug-likeness (QED) is 0.739. The smallest absolute Gasteiger partial charge is 0.354 e. The minimum absolute atomic E-state index is 0.142. The van der Waals surface area contributed by atoms with Gasteiger partial charge in [0.25, 0.3) is 0 Å². The highest BCUT2D eigenvalue weighted by Gasteiger charge is 2.10. The van der Waals surface area contributed by atoms with Gasteiger partial charge in [-0.05, 0) is 19.1 Å². The number of rotatable bonds is 2. The van der Waals surface area contributed by atoms with Gasteiger partial charge in [0.1, 0.15) is 5.65 Å². The van der Waals surface area contributed by atoms with Crippen LogP contribution < -0.4 is 0 Å². The number of carboxylic acid groups (broad SMARTS) is 1. The molecule has 0 amide bonds. The fraction of sp³-hybridized carbons (Fsp3) is 0.0833. The third kappa shape index (κ3) is 1.55. The van der Waals surface area contributed by atoms with Crippen molar-refractivity contribution in [2.45, 2.75) is 6.92 Å². The molecule has 18 heavy (non-hydrogen) atoms. The van der Waals surface area contributed by atoms with Crippen LogP contribution in [0.2, 0.25) is 0 Å². The second-order valence-electron chi connectivity index (χ2n) is 3.99. The molecule has 0 radical (unpaired) electrons. The van der Waals surface area contributed by atoms with Crippen LogP contribution in [0.3, 0.4) is 0 Å². The summed E-state index contributed by atoms with van der Waals surface area (Å²) in [4.78, 5) is 19.2. The third-order valence-electron chi connectivity index (χ3n) is 2.72. The van der Waals surface area contributed by atoms with Gasteiger partial charge in [-0.15, -0.1) is 0 Å². The topological polar surface area (TPSA) is 72.4 Å². The summed E-state index contributed by atoms with van der Waals surface area (Å²) < 4.78 is 3.38. The lowest BCUT2D eigenvalue weighted by Crippen LogP contribution is -2.02. The molecule has 3 heterocycles. The number of carboxylic acids is 1. The molecule has 3 aromatic rings. The van der Waals surface area contributed by atoms with Crippen molar-refractivity contribution in [1.82, 2.24) is 18.9 Å². The maximum atomic E-state index is 11.0. The Bertz CT molecular complexity index is 741. The Morgan fingerprint density at radius 1 is 1.28 bits per heavy atom. The molecule has 0 bridgehead atoms. The molecule has 0 atom stereocenters. The lowest BCUT2D eigenvalue weighted by molar-refractivity contribution is 0.0689. The first-order valence-corrected chi connectivity index (χ1v) is 5.36. The molecule has 90 valence electrons. The van der Waals surface area contributed by atoms with Gasteiger partial charge in [-0.3, -0.25) is 4.40 Å². The van der Waals surface area contributed by atoms with E-state index in [1.54, 1.807) is 23.0 Å². The number of fused-ring (bicyclic) bond motifs is 1. The monoisotopic (exact) mass is 242 g/mol. The summed E-state index contributed by atoms with van der Waals surface area (Å²) in [5.74, 6) is -0.999. The predicted octanol–water partition coefficient (Wildman–Crippen LogP) is 1.53. The third-order valence-corrected chi connectivity index (χ3v) is 2.72. The molecule has 3 aromatic heterocycles. The van der Waals surface area contributed by atoms with Crippen molar-refractivity contribution in [2.75, 3.05) is 0 Å². The van der Waals surface area contributed by atoms with Crippen LogP contribution in [0.5, 0.6) is 0 Å². The van der Waals surface area contributed by atoms with E-state index < -0.39 is 5.97 Å². The van der Waals surface area contributed by atoms with Crippen molar-refractivity contribution in [3.05, 3.63) is 48.4 Å². The van der Waals surface area contributed by atoms with Crippen LogP contribution in [0.25, 0.3) is 11.3 Å². The van der Waals surface area contributed by atoms with E-state index in [-0.39, 0.29) is 5.69 Å². The number of nitrogens with zero attached hydrogens (tertiary/aromatic N) is 4. The van der Waals surface area contributed by atoms with Gasteiger partial charge in [0.2, 0.25) is 0 Å². The molecular weight excluding hydrogens is 232 g/mol. The number of aryl methyl sites for hydroxylation is 1. The zero-order chi connectivity index (χ0) is 12.7. The first-order chi connectivity index (χ1) is 8.65. The molecule has 0 aliphatic carbocycles. The molecular formula is C12H10N4O2. The van der Waals surface area contributed by atoms with Crippen molar-refractivity contribution in [3.8, 4) is 5.69 Å². The van der Waals surface area contributed by atoms with Crippen LogP contribution >= 0.6 is 0 Å². The Balaban J connectivity index is 2.20. The van der Waals surface area contributed by atoms with E-state index >= 15 is 0 Å². The highest BCUT2D eigenvalue weighted by molar-refractivity contribution is 5.86. The van der Waals surface area contributed by atoms with Crippen molar-refractivity contribution in [3.63, 3.8) is 0 Å². The standard InChI is InChI=1S/C12H10N4O2/c1-8-5-15(7-14-8)9-2-3-11-13-4-10(12(17)18)16(11)6-9/h2-7H,1H3,(H,17,18). The number of imidazole rings is 2. The molecule has 0 saturated heterocycles. The van der Waals surface area contributed by atoms with E-state index in [0.717, 1.165) is 11.4 Å². The molecule has 3 rings (SSSR count). The van der Waals surface area contributed by atoms with Gasteiger partial charge >= 0.3 is 5.97 Å². The number of pyridine rings is 1. The normalized spacial score (nSPS) is 10.9. The summed E-state index contributed by atoms with van der Waals surface area (Å²) in [5.41, 5.74) is 2.49. The average Bonchev–Trinajstić information content (AvgIpc) is 2.93. The van der Waals surface area contributed by atoms with Crippen LogP contribution in [0.1, 0.15) is 16.2 Å². The summed E-state index contributed by atoms with van der Waals surface area (Å²) in [5, 5.41) is 9.06. The molecule has 0 fully saturated rings.